The lowest BCUT2D eigenvalue weighted by molar-refractivity contribution is 0.178. The van der Waals surface area contributed by atoms with Crippen LogP contribution < -0.4 is 5.32 Å². The van der Waals surface area contributed by atoms with Crippen molar-refractivity contribution in [3.05, 3.63) is 0 Å². The van der Waals surface area contributed by atoms with Crippen LogP contribution in [0.4, 0.5) is 0 Å². The van der Waals surface area contributed by atoms with Gasteiger partial charge in [0, 0.05) is 13.7 Å². The molecule has 2 nitrogen and oxygen atoms in total. The highest BCUT2D eigenvalue weighted by Gasteiger charge is 2.00. The topological polar surface area (TPSA) is 21.3 Å². The predicted octanol–water partition coefficient (Wildman–Crippen LogP) is 2.44. The number of hydrogen-bond acceptors (Lipinski definition) is 2. The van der Waals surface area contributed by atoms with Crippen molar-refractivity contribution in [2.75, 3.05) is 26.8 Å². The van der Waals surface area contributed by atoms with Gasteiger partial charge in [0.1, 0.15) is 0 Å². The summed E-state index contributed by atoms with van der Waals surface area (Å²) in [6, 6.07) is 0. The molecular weight excluding hydrogens is 162 g/mol. The molecule has 0 aromatic heterocycles. The Labute approximate surface area is 83.1 Å². The van der Waals surface area contributed by atoms with Crippen LogP contribution in [0.5, 0.6) is 0 Å². The normalized spacial score (nSPS) is 13.2. The van der Waals surface area contributed by atoms with Crippen LogP contribution in [0.3, 0.4) is 0 Å². The first-order chi connectivity index (χ1) is 6.31. The van der Waals surface area contributed by atoms with E-state index in [2.05, 4.69) is 19.2 Å². The molecule has 0 saturated carbocycles. The fraction of sp³-hybridized carbons (Fsp3) is 1.00. The minimum Gasteiger partial charge on any atom is -0.385 e. The lowest BCUT2D eigenvalue weighted by atomic mass is 10.0. The van der Waals surface area contributed by atoms with Crippen molar-refractivity contribution in [3.63, 3.8) is 0 Å². The SMILES string of the molecule is CCCNCCCC(C)CCOC. The van der Waals surface area contributed by atoms with E-state index in [0.717, 1.165) is 19.1 Å². The highest BCUT2D eigenvalue weighted by molar-refractivity contribution is 4.54. The largest absolute Gasteiger partial charge is 0.385 e. The molecule has 0 bridgehead atoms. The van der Waals surface area contributed by atoms with E-state index >= 15 is 0 Å². The predicted molar refractivity (Wildman–Crippen MR) is 58.1 cm³/mol. The van der Waals surface area contributed by atoms with Crippen molar-refractivity contribution in [3.8, 4) is 0 Å². The summed E-state index contributed by atoms with van der Waals surface area (Å²) in [5.41, 5.74) is 0. The molecule has 0 fully saturated rings. The third kappa shape index (κ3) is 9.84. The number of ether oxygens (including phenoxy) is 1. The maximum Gasteiger partial charge on any atom is 0.0464 e. The molecule has 0 saturated heterocycles. The summed E-state index contributed by atoms with van der Waals surface area (Å²) >= 11 is 0. The number of methoxy groups -OCH3 is 1. The van der Waals surface area contributed by atoms with Crippen molar-refractivity contribution in [1.29, 1.82) is 0 Å². The molecule has 2 heteroatoms. The van der Waals surface area contributed by atoms with Gasteiger partial charge in [-0.15, -0.1) is 0 Å². The van der Waals surface area contributed by atoms with Crippen LogP contribution in [-0.2, 0) is 4.74 Å². The molecule has 0 aliphatic rings. The Morgan fingerprint density at radius 3 is 2.62 bits per heavy atom. The van der Waals surface area contributed by atoms with Crippen LogP contribution in [0, 0.1) is 5.92 Å². The Morgan fingerprint density at radius 2 is 2.00 bits per heavy atom. The van der Waals surface area contributed by atoms with Gasteiger partial charge in [-0.2, -0.15) is 0 Å². The molecule has 80 valence electrons. The van der Waals surface area contributed by atoms with Crippen LogP contribution in [-0.4, -0.2) is 26.8 Å². The Hall–Kier alpha value is -0.0800. The second-order valence-corrected chi connectivity index (χ2v) is 3.78. The van der Waals surface area contributed by atoms with E-state index in [1.807, 2.05) is 0 Å². The average molecular weight is 187 g/mol. The average Bonchev–Trinajstić information content (AvgIpc) is 2.14. The quantitative estimate of drug-likeness (QED) is 0.560. The first-order valence-electron chi connectivity index (χ1n) is 5.50. The van der Waals surface area contributed by atoms with Gasteiger partial charge in [-0.25, -0.2) is 0 Å². The van der Waals surface area contributed by atoms with Gasteiger partial charge in [0.15, 0.2) is 0 Å². The van der Waals surface area contributed by atoms with Gasteiger partial charge in [0.2, 0.25) is 0 Å². The maximum absolute atomic E-state index is 5.04. The lowest BCUT2D eigenvalue weighted by Crippen LogP contribution is -2.16. The molecule has 0 aromatic rings. The van der Waals surface area contributed by atoms with Crippen molar-refractivity contribution in [2.45, 2.75) is 39.5 Å². The molecule has 0 rings (SSSR count). The second kappa shape index (κ2) is 10.0. The van der Waals surface area contributed by atoms with E-state index in [1.165, 1.54) is 32.2 Å². The summed E-state index contributed by atoms with van der Waals surface area (Å²) in [7, 11) is 1.77. The van der Waals surface area contributed by atoms with Gasteiger partial charge in [0.25, 0.3) is 0 Å². The molecule has 0 aromatic carbocycles. The Bertz CT molecular complexity index is 96.1. The highest BCUT2D eigenvalue weighted by atomic mass is 16.5. The summed E-state index contributed by atoms with van der Waals surface area (Å²) in [5, 5.41) is 3.42. The number of hydrogen-bond donors (Lipinski definition) is 1. The fourth-order valence-corrected chi connectivity index (χ4v) is 1.34. The first kappa shape index (κ1) is 12.9. The van der Waals surface area contributed by atoms with Crippen LogP contribution in [0.15, 0.2) is 0 Å². The van der Waals surface area contributed by atoms with Gasteiger partial charge in [-0.1, -0.05) is 13.8 Å². The van der Waals surface area contributed by atoms with Gasteiger partial charge in [0.05, 0.1) is 0 Å². The monoisotopic (exact) mass is 187 g/mol. The number of nitrogens with one attached hydrogen (secondary N) is 1. The molecule has 0 spiro atoms. The minimum atomic E-state index is 0.809. The summed E-state index contributed by atoms with van der Waals surface area (Å²) < 4.78 is 5.04. The third-order valence-electron chi connectivity index (χ3n) is 2.29. The molecule has 1 atom stereocenters. The Balaban J connectivity index is 3.03. The summed E-state index contributed by atoms with van der Waals surface area (Å²) in [5.74, 6) is 0.809. The van der Waals surface area contributed by atoms with Gasteiger partial charge < -0.3 is 10.1 Å². The minimum absolute atomic E-state index is 0.809. The van der Waals surface area contributed by atoms with Crippen LogP contribution in [0.1, 0.15) is 39.5 Å². The third-order valence-corrected chi connectivity index (χ3v) is 2.29. The van der Waals surface area contributed by atoms with E-state index in [9.17, 15) is 0 Å². The van der Waals surface area contributed by atoms with E-state index < -0.39 is 0 Å². The number of rotatable bonds is 9. The van der Waals surface area contributed by atoms with Crippen molar-refractivity contribution in [1.82, 2.24) is 5.32 Å². The molecule has 0 aliphatic heterocycles. The van der Waals surface area contributed by atoms with E-state index in [4.69, 9.17) is 4.74 Å². The van der Waals surface area contributed by atoms with Crippen molar-refractivity contribution >= 4 is 0 Å². The molecule has 13 heavy (non-hydrogen) atoms. The summed E-state index contributed by atoms with van der Waals surface area (Å²) in [4.78, 5) is 0. The van der Waals surface area contributed by atoms with Crippen molar-refractivity contribution < 1.29 is 4.74 Å². The second-order valence-electron chi connectivity index (χ2n) is 3.78. The Kier molecular flexibility index (Phi) is 9.94. The van der Waals surface area contributed by atoms with Gasteiger partial charge in [-0.05, 0) is 44.7 Å². The summed E-state index contributed by atoms with van der Waals surface area (Å²) in [6.45, 7) is 7.74. The molecule has 0 heterocycles. The zero-order chi connectivity index (χ0) is 9.94. The molecular formula is C11H25NO. The Morgan fingerprint density at radius 1 is 1.23 bits per heavy atom. The van der Waals surface area contributed by atoms with Crippen LogP contribution in [0.25, 0.3) is 0 Å². The van der Waals surface area contributed by atoms with Gasteiger partial charge >= 0.3 is 0 Å². The van der Waals surface area contributed by atoms with Crippen LogP contribution in [0.2, 0.25) is 0 Å². The molecule has 0 aliphatic carbocycles. The molecule has 0 amide bonds. The van der Waals surface area contributed by atoms with Gasteiger partial charge in [-0.3, -0.25) is 0 Å². The summed E-state index contributed by atoms with van der Waals surface area (Å²) in [6.07, 6.45) is 5.05. The molecule has 0 radical (unpaired) electrons. The lowest BCUT2D eigenvalue weighted by Gasteiger charge is -2.10. The van der Waals surface area contributed by atoms with Crippen molar-refractivity contribution in [2.24, 2.45) is 5.92 Å². The fourth-order valence-electron chi connectivity index (χ4n) is 1.34. The standard InChI is InChI=1S/C11H25NO/c1-4-8-12-9-5-6-11(2)7-10-13-3/h11-12H,4-10H2,1-3H3. The zero-order valence-corrected chi connectivity index (χ0v) is 9.44. The first-order valence-corrected chi connectivity index (χ1v) is 5.50. The maximum atomic E-state index is 5.04. The van der Waals surface area contributed by atoms with Crippen LogP contribution >= 0.6 is 0 Å². The highest BCUT2D eigenvalue weighted by Crippen LogP contribution is 2.09. The zero-order valence-electron chi connectivity index (χ0n) is 9.44. The van der Waals surface area contributed by atoms with E-state index in [-0.39, 0.29) is 0 Å². The van der Waals surface area contributed by atoms with E-state index in [1.54, 1.807) is 7.11 Å². The smallest absolute Gasteiger partial charge is 0.0464 e. The van der Waals surface area contributed by atoms with E-state index in [0.29, 0.717) is 0 Å². The molecule has 1 N–H and O–H groups in total. The molecule has 1 unspecified atom stereocenters.